The van der Waals surface area contributed by atoms with Crippen LogP contribution < -0.4 is 0 Å². The Hall–Kier alpha value is -0.300. The second-order valence-electron chi connectivity index (χ2n) is 8.64. The maximum Gasteiger partial charge on any atom is 0.0572 e. The minimum atomic E-state index is 0.467. The van der Waals surface area contributed by atoms with Crippen LogP contribution in [0.15, 0.2) is 12.2 Å². The monoisotopic (exact) mass is 336 g/mol. The summed E-state index contributed by atoms with van der Waals surface area (Å²) in [7, 11) is 0. The van der Waals surface area contributed by atoms with Gasteiger partial charge in [-0.05, 0) is 75.0 Å². The van der Waals surface area contributed by atoms with Gasteiger partial charge in [0.05, 0.1) is 6.10 Å². The van der Waals surface area contributed by atoms with Crippen molar-refractivity contribution in [1.82, 2.24) is 0 Å². The summed E-state index contributed by atoms with van der Waals surface area (Å²) in [4.78, 5) is 0. The highest BCUT2D eigenvalue weighted by atomic mass is 16.5. The molecule has 1 aliphatic rings. The van der Waals surface area contributed by atoms with Gasteiger partial charge in [0.25, 0.3) is 0 Å². The van der Waals surface area contributed by atoms with E-state index in [0.717, 1.165) is 31.3 Å². The van der Waals surface area contributed by atoms with Gasteiger partial charge in [-0.1, -0.05) is 59.6 Å². The van der Waals surface area contributed by atoms with E-state index in [9.17, 15) is 0 Å². The molecule has 1 fully saturated rings. The SMILES string of the molecule is C/C=C\CC(C)COC(CC)CCCC1CCC(C)C1(C)CCC. The molecule has 1 aliphatic carbocycles. The number of hydrogen-bond donors (Lipinski definition) is 0. The molecular weight excluding hydrogens is 292 g/mol. The van der Waals surface area contributed by atoms with Crippen molar-refractivity contribution in [1.29, 1.82) is 0 Å². The van der Waals surface area contributed by atoms with E-state index in [2.05, 4.69) is 53.7 Å². The quantitative estimate of drug-likeness (QED) is 0.337. The highest BCUT2D eigenvalue weighted by Crippen LogP contribution is 2.52. The minimum absolute atomic E-state index is 0.467. The van der Waals surface area contributed by atoms with Crippen molar-refractivity contribution in [2.45, 2.75) is 105 Å². The third-order valence-corrected chi connectivity index (χ3v) is 6.72. The zero-order valence-corrected chi connectivity index (χ0v) is 17.4. The Morgan fingerprint density at radius 2 is 2.00 bits per heavy atom. The fourth-order valence-electron chi connectivity index (χ4n) is 4.71. The van der Waals surface area contributed by atoms with E-state index in [4.69, 9.17) is 4.74 Å². The van der Waals surface area contributed by atoms with Gasteiger partial charge >= 0.3 is 0 Å². The summed E-state index contributed by atoms with van der Waals surface area (Å²) in [5.41, 5.74) is 0.596. The molecule has 1 saturated carbocycles. The standard InChI is InChI=1S/C23H44O/c1-7-10-12-19(4)18-24-22(9-3)14-11-13-21-16-15-20(5)23(21,6)17-8-2/h7,10,19-22H,8-9,11-18H2,1-6H3/b10-7-. The molecule has 142 valence electrons. The predicted octanol–water partition coefficient (Wildman–Crippen LogP) is 7.41. The first-order chi connectivity index (χ1) is 11.5. The van der Waals surface area contributed by atoms with E-state index in [1.165, 1.54) is 44.9 Å². The van der Waals surface area contributed by atoms with Gasteiger partial charge in [-0.25, -0.2) is 0 Å². The molecule has 1 nitrogen and oxygen atoms in total. The zero-order valence-electron chi connectivity index (χ0n) is 17.4. The lowest BCUT2D eigenvalue weighted by Crippen LogP contribution is -2.27. The lowest BCUT2D eigenvalue weighted by atomic mass is 9.69. The van der Waals surface area contributed by atoms with Gasteiger partial charge < -0.3 is 4.74 Å². The van der Waals surface area contributed by atoms with Gasteiger partial charge in [-0.2, -0.15) is 0 Å². The average Bonchev–Trinajstić information content (AvgIpc) is 2.84. The van der Waals surface area contributed by atoms with Crippen LogP contribution in [0.5, 0.6) is 0 Å². The van der Waals surface area contributed by atoms with Crippen LogP contribution in [0.3, 0.4) is 0 Å². The molecule has 0 aromatic heterocycles. The van der Waals surface area contributed by atoms with Gasteiger partial charge in [-0.3, -0.25) is 0 Å². The summed E-state index contributed by atoms with van der Waals surface area (Å²) in [5, 5.41) is 0. The summed E-state index contributed by atoms with van der Waals surface area (Å²) >= 11 is 0. The van der Waals surface area contributed by atoms with Crippen LogP contribution >= 0.6 is 0 Å². The molecule has 0 heterocycles. The molecule has 1 rings (SSSR count). The van der Waals surface area contributed by atoms with E-state index in [0.29, 0.717) is 17.4 Å². The first kappa shape index (κ1) is 21.7. The number of ether oxygens (including phenoxy) is 1. The Labute approximate surface area is 152 Å². The molecule has 0 bridgehead atoms. The second kappa shape index (κ2) is 11.3. The third-order valence-electron chi connectivity index (χ3n) is 6.72. The van der Waals surface area contributed by atoms with Crippen molar-refractivity contribution >= 4 is 0 Å². The first-order valence-electron chi connectivity index (χ1n) is 10.7. The van der Waals surface area contributed by atoms with Gasteiger partial charge in [0.2, 0.25) is 0 Å². The Balaban J connectivity index is 2.33. The fraction of sp³-hybridized carbons (Fsp3) is 0.913. The van der Waals surface area contributed by atoms with E-state index >= 15 is 0 Å². The van der Waals surface area contributed by atoms with Crippen LogP contribution in [0.4, 0.5) is 0 Å². The summed E-state index contributed by atoms with van der Waals surface area (Å²) < 4.78 is 6.20. The summed E-state index contributed by atoms with van der Waals surface area (Å²) in [6.45, 7) is 15.0. The van der Waals surface area contributed by atoms with Crippen LogP contribution in [0.2, 0.25) is 0 Å². The lowest BCUT2D eigenvalue weighted by Gasteiger charge is -2.36. The van der Waals surface area contributed by atoms with Crippen LogP contribution in [0.1, 0.15) is 99.3 Å². The largest absolute Gasteiger partial charge is 0.378 e. The smallest absolute Gasteiger partial charge is 0.0572 e. The van der Waals surface area contributed by atoms with Crippen molar-refractivity contribution < 1.29 is 4.74 Å². The molecule has 0 saturated heterocycles. The maximum absolute atomic E-state index is 6.20. The molecule has 0 aliphatic heterocycles. The molecule has 1 heteroatoms. The molecule has 5 atom stereocenters. The van der Waals surface area contributed by atoms with Crippen LogP contribution in [-0.4, -0.2) is 12.7 Å². The maximum atomic E-state index is 6.20. The molecule has 24 heavy (non-hydrogen) atoms. The zero-order chi connectivity index (χ0) is 18.0. The molecule has 0 N–H and O–H groups in total. The molecule has 0 aromatic rings. The van der Waals surface area contributed by atoms with Crippen LogP contribution in [0, 0.1) is 23.2 Å². The van der Waals surface area contributed by atoms with Crippen molar-refractivity contribution in [3.05, 3.63) is 12.2 Å². The van der Waals surface area contributed by atoms with Gasteiger partial charge in [-0.15, -0.1) is 0 Å². The highest BCUT2D eigenvalue weighted by Gasteiger charge is 2.42. The second-order valence-corrected chi connectivity index (χ2v) is 8.64. The van der Waals surface area contributed by atoms with Gasteiger partial charge in [0, 0.05) is 6.61 Å². The summed E-state index contributed by atoms with van der Waals surface area (Å²) in [6.07, 6.45) is 16.8. The molecule has 0 amide bonds. The summed E-state index contributed by atoms with van der Waals surface area (Å²) in [6, 6.07) is 0. The van der Waals surface area contributed by atoms with Crippen LogP contribution in [-0.2, 0) is 4.74 Å². The topological polar surface area (TPSA) is 9.23 Å². The number of hydrogen-bond acceptors (Lipinski definition) is 1. The van der Waals surface area contributed by atoms with E-state index in [-0.39, 0.29) is 0 Å². The van der Waals surface area contributed by atoms with Gasteiger partial charge in [0.1, 0.15) is 0 Å². The molecule has 0 spiro atoms. The summed E-state index contributed by atoms with van der Waals surface area (Å²) in [5.74, 6) is 2.49. The average molecular weight is 337 g/mol. The Morgan fingerprint density at radius 3 is 2.62 bits per heavy atom. The molecule has 0 radical (unpaired) electrons. The Kier molecular flexibility index (Phi) is 10.3. The van der Waals surface area contributed by atoms with Crippen molar-refractivity contribution in [2.75, 3.05) is 6.61 Å². The van der Waals surface area contributed by atoms with E-state index in [1.54, 1.807) is 0 Å². The normalized spacial score (nSPS) is 30.1. The fourth-order valence-corrected chi connectivity index (χ4v) is 4.71. The molecule has 5 unspecified atom stereocenters. The van der Waals surface area contributed by atoms with Crippen molar-refractivity contribution in [3.8, 4) is 0 Å². The van der Waals surface area contributed by atoms with Crippen molar-refractivity contribution in [2.24, 2.45) is 23.2 Å². The van der Waals surface area contributed by atoms with E-state index < -0.39 is 0 Å². The molecule has 0 aromatic carbocycles. The Bertz CT molecular complexity index is 348. The Morgan fingerprint density at radius 1 is 1.25 bits per heavy atom. The number of rotatable bonds is 12. The third kappa shape index (κ3) is 6.54. The number of allylic oxidation sites excluding steroid dienone is 2. The van der Waals surface area contributed by atoms with Gasteiger partial charge in [0.15, 0.2) is 0 Å². The molecular formula is C23H44O. The predicted molar refractivity (Wildman–Crippen MR) is 107 cm³/mol. The van der Waals surface area contributed by atoms with Crippen molar-refractivity contribution in [3.63, 3.8) is 0 Å². The van der Waals surface area contributed by atoms with E-state index in [1.807, 2.05) is 0 Å². The van der Waals surface area contributed by atoms with Crippen LogP contribution in [0.25, 0.3) is 0 Å². The lowest BCUT2D eigenvalue weighted by molar-refractivity contribution is 0.0221. The minimum Gasteiger partial charge on any atom is -0.378 e. The first-order valence-corrected chi connectivity index (χ1v) is 10.7. The highest BCUT2D eigenvalue weighted by molar-refractivity contribution is 4.92.